The highest BCUT2D eigenvalue weighted by Crippen LogP contribution is 2.31. The van der Waals surface area contributed by atoms with Crippen molar-refractivity contribution in [3.05, 3.63) is 108 Å². The minimum absolute atomic E-state index is 0.0839. The van der Waals surface area contributed by atoms with E-state index in [4.69, 9.17) is 10.2 Å². The summed E-state index contributed by atoms with van der Waals surface area (Å²) >= 11 is 0. The molecule has 0 unspecified atom stereocenters. The maximum absolute atomic E-state index is 13.5. The number of nitrogens with zero attached hydrogens (tertiary/aromatic N) is 6. The van der Waals surface area contributed by atoms with E-state index in [9.17, 15) is 14.4 Å². The van der Waals surface area contributed by atoms with E-state index in [-0.39, 0.29) is 5.69 Å². The van der Waals surface area contributed by atoms with Crippen LogP contribution >= 0.6 is 0 Å². The first-order valence-electron chi connectivity index (χ1n) is 14.7. The van der Waals surface area contributed by atoms with Gasteiger partial charge in [-0.3, -0.25) is 19.1 Å². The molecule has 3 aromatic heterocycles. The molecule has 11 nitrogen and oxygen atoms in total. The predicted octanol–water partition coefficient (Wildman–Crippen LogP) is 4.56. The second-order valence-electron chi connectivity index (χ2n) is 11.1. The number of piperazine rings is 1. The molecule has 46 heavy (non-hydrogen) atoms. The van der Waals surface area contributed by atoms with Crippen molar-refractivity contribution in [2.24, 2.45) is 7.05 Å². The number of para-hydroxylation sites is 1. The Labute approximate surface area is 263 Å². The average Bonchev–Trinajstić information content (AvgIpc) is 3.33. The molecule has 0 radical (unpaired) electrons. The van der Waals surface area contributed by atoms with Gasteiger partial charge < -0.3 is 20.0 Å². The minimum atomic E-state index is -1.26. The zero-order valence-electron chi connectivity index (χ0n) is 25.4. The number of rotatable bonds is 5. The number of aromatic nitrogens is 4. The highest BCUT2D eigenvalue weighted by Gasteiger charge is 2.18. The van der Waals surface area contributed by atoms with Crippen LogP contribution in [0.2, 0.25) is 0 Å². The first kappa shape index (κ1) is 30.2. The Bertz CT molecular complexity index is 2160. The van der Waals surface area contributed by atoms with Gasteiger partial charge in [0.1, 0.15) is 0 Å². The molecule has 232 valence electrons. The lowest BCUT2D eigenvalue weighted by molar-refractivity contribution is -0.134. The lowest BCUT2D eigenvalue weighted by atomic mass is 10.0. The summed E-state index contributed by atoms with van der Waals surface area (Å²) in [4.78, 5) is 46.7. The van der Waals surface area contributed by atoms with Crippen molar-refractivity contribution >= 4 is 50.5 Å². The van der Waals surface area contributed by atoms with Crippen LogP contribution in [0.1, 0.15) is 0 Å². The molecule has 3 aromatic carbocycles. The predicted molar refractivity (Wildman–Crippen MR) is 179 cm³/mol. The molecular formula is C35H32N6O5. The van der Waals surface area contributed by atoms with Gasteiger partial charge in [0.2, 0.25) is 0 Å². The minimum Gasteiger partial charge on any atom is -0.478 e. The van der Waals surface area contributed by atoms with Crippen molar-refractivity contribution in [1.29, 1.82) is 0 Å². The second kappa shape index (κ2) is 12.7. The van der Waals surface area contributed by atoms with Crippen LogP contribution in [0.15, 0.2) is 102 Å². The molecular weight excluding hydrogens is 584 g/mol. The number of fused-ring (bicyclic) bond motifs is 4. The number of carboxylic acids is 2. The molecule has 0 spiro atoms. The maximum atomic E-state index is 13.5. The van der Waals surface area contributed by atoms with Crippen LogP contribution in [0.3, 0.4) is 0 Å². The van der Waals surface area contributed by atoms with Crippen LogP contribution in [-0.2, 0) is 16.6 Å². The number of aryl methyl sites for hydroxylation is 1. The van der Waals surface area contributed by atoms with E-state index in [2.05, 4.69) is 75.3 Å². The molecule has 6 aromatic rings. The smallest absolute Gasteiger partial charge is 0.333 e. The lowest BCUT2D eigenvalue weighted by Crippen LogP contribution is -2.44. The highest BCUT2D eigenvalue weighted by molar-refractivity contribution is 6.05. The quantitative estimate of drug-likeness (QED) is 0.268. The Hall–Kier alpha value is -5.81. The van der Waals surface area contributed by atoms with Crippen molar-refractivity contribution in [3.63, 3.8) is 0 Å². The summed E-state index contributed by atoms with van der Waals surface area (Å²) in [6.45, 7) is 4.12. The second-order valence-corrected chi connectivity index (χ2v) is 11.1. The van der Waals surface area contributed by atoms with E-state index in [1.54, 1.807) is 10.8 Å². The molecule has 1 saturated heterocycles. The van der Waals surface area contributed by atoms with E-state index in [1.807, 2.05) is 42.1 Å². The zero-order valence-corrected chi connectivity index (χ0v) is 25.4. The number of likely N-dealkylation sites (N-methyl/N-ethyl adjacent to an activating group) is 1. The van der Waals surface area contributed by atoms with Gasteiger partial charge in [-0.2, -0.15) is 0 Å². The number of anilines is 1. The Morgan fingerprint density at radius 1 is 0.739 bits per heavy atom. The third-order valence-corrected chi connectivity index (χ3v) is 8.15. The fourth-order valence-electron chi connectivity index (χ4n) is 5.66. The third-order valence-electron chi connectivity index (χ3n) is 8.15. The highest BCUT2D eigenvalue weighted by atomic mass is 16.4. The summed E-state index contributed by atoms with van der Waals surface area (Å²) < 4.78 is 3.50. The summed E-state index contributed by atoms with van der Waals surface area (Å²) in [7, 11) is 3.97. The fourth-order valence-corrected chi connectivity index (χ4v) is 5.66. The lowest BCUT2D eigenvalue weighted by Gasteiger charge is -2.34. The van der Waals surface area contributed by atoms with Crippen molar-refractivity contribution in [3.8, 4) is 16.8 Å². The molecule has 0 aliphatic carbocycles. The molecule has 0 bridgehead atoms. The molecule has 2 N–H and O–H groups in total. The Morgan fingerprint density at radius 2 is 1.39 bits per heavy atom. The van der Waals surface area contributed by atoms with Gasteiger partial charge in [-0.15, -0.1) is 0 Å². The monoisotopic (exact) mass is 616 g/mol. The molecule has 11 heteroatoms. The molecule has 1 fully saturated rings. The average molecular weight is 617 g/mol. The van der Waals surface area contributed by atoms with Gasteiger partial charge in [0.15, 0.2) is 0 Å². The Kier molecular flexibility index (Phi) is 8.32. The Morgan fingerprint density at radius 3 is 2.09 bits per heavy atom. The summed E-state index contributed by atoms with van der Waals surface area (Å²) in [6.07, 6.45) is 4.82. The summed E-state index contributed by atoms with van der Waals surface area (Å²) in [6, 6.07) is 24.9. The van der Waals surface area contributed by atoms with Gasteiger partial charge in [0, 0.05) is 73.6 Å². The first-order valence-corrected chi connectivity index (χ1v) is 14.7. The molecule has 1 aliphatic rings. The van der Waals surface area contributed by atoms with E-state index in [0.717, 1.165) is 75.8 Å². The van der Waals surface area contributed by atoms with Gasteiger partial charge >= 0.3 is 17.6 Å². The van der Waals surface area contributed by atoms with Crippen LogP contribution < -0.4 is 10.6 Å². The largest absolute Gasteiger partial charge is 0.478 e. The summed E-state index contributed by atoms with van der Waals surface area (Å²) in [5.41, 5.74) is 7.52. The maximum Gasteiger partial charge on any atom is 0.333 e. The van der Waals surface area contributed by atoms with Gasteiger partial charge in [-0.05, 0) is 61.1 Å². The van der Waals surface area contributed by atoms with Gasteiger partial charge in [-0.25, -0.2) is 14.4 Å². The molecule has 0 atom stereocenters. The number of carboxylic acid groups (broad SMARTS) is 2. The standard InChI is InChI=1S/C31H28N6O.C4H4O4/c1-34-13-15-36(16-14-34)24-8-10-25(11-9-24)37-30-26-18-21(23-17-22-5-3-4-6-27(22)32-19-23)7-12-28(26)33-20-29(30)35(2)31(37)38;5-3(6)1-2-4(7)8/h3-12,17-20H,13-16H2,1-2H3;1-2H,(H,5,6)(H,7,8)/b;2-1-. The van der Waals surface area contributed by atoms with E-state index >= 15 is 0 Å². The molecule has 1 aliphatic heterocycles. The number of hydrogen-bond acceptors (Lipinski definition) is 7. The third kappa shape index (κ3) is 6.08. The SMILES string of the molecule is CN1CCN(c2ccc(-n3c(=O)n(C)c4cnc5ccc(-c6cnc7ccccc7c6)cc5c43)cc2)CC1.O=C(O)/C=C\C(=O)O. The van der Waals surface area contributed by atoms with Crippen molar-refractivity contribution in [2.75, 3.05) is 38.1 Å². The van der Waals surface area contributed by atoms with Crippen LogP contribution in [0.5, 0.6) is 0 Å². The van der Waals surface area contributed by atoms with Crippen LogP contribution in [0.25, 0.3) is 49.7 Å². The molecule has 4 heterocycles. The first-order chi connectivity index (χ1) is 22.2. The molecule has 0 amide bonds. The number of hydrogen-bond donors (Lipinski definition) is 2. The normalized spacial score (nSPS) is 13.7. The van der Waals surface area contributed by atoms with Crippen molar-refractivity contribution < 1.29 is 19.8 Å². The number of imidazole rings is 1. The van der Waals surface area contributed by atoms with Gasteiger partial charge in [0.05, 0.1) is 34.0 Å². The van der Waals surface area contributed by atoms with E-state index in [0.29, 0.717) is 12.2 Å². The van der Waals surface area contributed by atoms with Crippen molar-refractivity contribution in [2.45, 2.75) is 0 Å². The number of pyridine rings is 2. The number of carbonyl (C=O) groups is 2. The summed E-state index contributed by atoms with van der Waals surface area (Å²) in [5, 5.41) is 17.7. The molecule has 0 saturated carbocycles. The fraction of sp³-hybridized carbons (Fsp3) is 0.171. The summed E-state index contributed by atoms with van der Waals surface area (Å²) in [5.74, 6) is -2.51. The van der Waals surface area contributed by atoms with Gasteiger partial charge in [0.25, 0.3) is 0 Å². The molecule has 7 rings (SSSR count). The zero-order chi connectivity index (χ0) is 32.4. The van der Waals surface area contributed by atoms with Crippen LogP contribution in [-0.4, -0.2) is 79.4 Å². The van der Waals surface area contributed by atoms with Crippen molar-refractivity contribution in [1.82, 2.24) is 24.0 Å². The Balaban J connectivity index is 0.000000414. The van der Waals surface area contributed by atoms with E-state index < -0.39 is 11.9 Å². The number of benzene rings is 3. The van der Waals surface area contributed by atoms with Crippen LogP contribution in [0.4, 0.5) is 5.69 Å². The van der Waals surface area contributed by atoms with Gasteiger partial charge in [-0.1, -0.05) is 24.3 Å². The topological polar surface area (TPSA) is 134 Å². The van der Waals surface area contributed by atoms with E-state index in [1.165, 1.54) is 5.69 Å². The number of aliphatic carboxylic acids is 2. The van der Waals surface area contributed by atoms with Crippen LogP contribution in [0, 0.1) is 0 Å².